The maximum absolute atomic E-state index is 13.8. The molecule has 2 aliphatic heterocycles. The molecule has 8 nitrogen and oxygen atoms in total. The predicted octanol–water partition coefficient (Wildman–Crippen LogP) is 3.64. The van der Waals surface area contributed by atoms with E-state index in [-0.39, 0.29) is 11.8 Å². The largest absolute Gasteiger partial charge is 0.462 e. The van der Waals surface area contributed by atoms with Crippen LogP contribution in [0.4, 0.5) is 10.2 Å². The van der Waals surface area contributed by atoms with E-state index < -0.39 is 17.8 Å². The monoisotopic (exact) mass is 544 g/mol. The molecule has 2 aromatic rings. The third-order valence-electron chi connectivity index (χ3n) is 9.43. The van der Waals surface area contributed by atoms with Crippen molar-refractivity contribution in [3.05, 3.63) is 59.1 Å². The Morgan fingerprint density at radius 1 is 1.18 bits per heavy atom. The van der Waals surface area contributed by atoms with E-state index in [4.69, 9.17) is 14.7 Å². The number of anilines is 1. The molecule has 40 heavy (non-hydrogen) atoms. The molecule has 4 aliphatic rings. The first-order valence-corrected chi connectivity index (χ1v) is 14.4. The first kappa shape index (κ1) is 26.7. The summed E-state index contributed by atoms with van der Waals surface area (Å²) in [6, 6.07) is 11.2. The minimum atomic E-state index is -0.994. The molecule has 0 N–H and O–H groups in total. The van der Waals surface area contributed by atoms with Crippen molar-refractivity contribution in [2.75, 3.05) is 44.7 Å². The minimum Gasteiger partial charge on any atom is -0.462 e. The van der Waals surface area contributed by atoms with Gasteiger partial charge in [-0.25, -0.2) is 4.39 Å². The van der Waals surface area contributed by atoms with Gasteiger partial charge in [0, 0.05) is 31.2 Å². The lowest BCUT2D eigenvalue weighted by molar-refractivity contribution is -0.131. The highest BCUT2D eigenvalue weighted by Crippen LogP contribution is 2.48. The lowest BCUT2D eigenvalue weighted by Crippen LogP contribution is -2.55. The fourth-order valence-electron chi connectivity index (χ4n) is 7.22. The summed E-state index contributed by atoms with van der Waals surface area (Å²) in [4.78, 5) is 28.3. The van der Waals surface area contributed by atoms with Crippen LogP contribution in [0, 0.1) is 16.7 Å². The van der Waals surface area contributed by atoms with Crippen molar-refractivity contribution in [3.8, 4) is 12.1 Å². The third-order valence-corrected chi connectivity index (χ3v) is 9.43. The maximum atomic E-state index is 13.8. The van der Waals surface area contributed by atoms with Crippen LogP contribution in [0.25, 0.3) is 0 Å². The van der Waals surface area contributed by atoms with Gasteiger partial charge in [0.25, 0.3) is 5.91 Å². The van der Waals surface area contributed by atoms with E-state index in [1.807, 2.05) is 0 Å². The molecule has 6 rings (SSSR count). The average Bonchev–Trinajstić information content (AvgIpc) is 3.53. The SMILES string of the molecule is C=C(F)C(=O)N1CCN(c2nc(OC[C@@H]3CCCN3C)nc3c2C[C@]2(CCc4ccccc4C2)C3)C[C@@H]1CC#N. The molecule has 0 bridgehead atoms. The number of amides is 1. The number of benzene rings is 1. The summed E-state index contributed by atoms with van der Waals surface area (Å²) < 4.78 is 20.0. The molecular weight excluding hydrogens is 507 g/mol. The van der Waals surface area contributed by atoms with Gasteiger partial charge < -0.3 is 19.4 Å². The zero-order valence-corrected chi connectivity index (χ0v) is 23.2. The lowest BCUT2D eigenvalue weighted by Gasteiger charge is -2.41. The minimum absolute atomic E-state index is 0.0974. The summed E-state index contributed by atoms with van der Waals surface area (Å²) in [6.45, 7) is 6.00. The van der Waals surface area contributed by atoms with Gasteiger partial charge >= 0.3 is 6.01 Å². The Morgan fingerprint density at radius 3 is 2.75 bits per heavy atom. The van der Waals surface area contributed by atoms with E-state index in [1.54, 1.807) is 0 Å². The van der Waals surface area contributed by atoms with Gasteiger partial charge in [0.1, 0.15) is 12.4 Å². The Bertz CT molecular complexity index is 1360. The van der Waals surface area contributed by atoms with Crippen LogP contribution in [0.3, 0.4) is 0 Å². The Balaban J connectivity index is 1.30. The average molecular weight is 545 g/mol. The zero-order valence-electron chi connectivity index (χ0n) is 23.2. The number of likely N-dealkylation sites (N-methyl/N-ethyl adjacent to an activating group) is 1. The molecular formula is C31H37FN6O2. The molecule has 1 aromatic heterocycles. The van der Waals surface area contributed by atoms with Gasteiger partial charge in [-0.15, -0.1) is 0 Å². The number of aromatic nitrogens is 2. The molecule has 2 saturated heterocycles. The molecule has 1 spiro atoms. The van der Waals surface area contributed by atoms with E-state index in [0.29, 0.717) is 38.3 Å². The summed E-state index contributed by atoms with van der Waals surface area (Å²) in [6.07, 6.45) is 7.32. The number of fused-ring (bicyclic) bond motifs is 2. The summed E-state index contributed by atoms with van der Waals surface area (Å²) in [5.41, 5.74) is 5.15. The highest BCUT2D eigenvalue weighted by atomic mass is 19.1. The van der Waals surface area contributed by atoms with Crippen molar-refractivity contribution in [2.45, 2.75) is 63.5 Å². The number of likely N-dealkylation sites (tertiary alicyclic amines) is 1. The Kier molecular flexibility index (Phi) is 7.22. The molecule has 3 atom stereocenters. The number of carbonyl (C=O) groups excluding carboxylic acids is 1. The smallest absolute Gasteiger partial charge is 0.318 e. The number of piperazine rings is 1. The lowest BCUT2D eigenvalue weighted by atomic mass is 9.70. The van der Waals surface area contributed by atoms with Gasteiger partial charge in [-0.1, -0.05) is 30.8 Å². The first-order chi connectivity index (χ1) is 19.4. The topological polar surface area (TPSA) is 85.6 Å². The van der Waals surface area contributed by atoms with Crippen LogP contribution in [0.1, 0.15) is 48.1 Å². The Labute approximate surface area is 235 Å². The zero-order chi connectivity index (χ0) is 27.9. The Morgan fingerprint density at radius 2 is 2.00 bits per heavy atom. The number of carbonyl (C=O) groups is 1. The second-order valence-corrected chi connectivity index (χ2v) is 12.0. The molecule has 210 valence electrons. The van der Waals surface area contributed by atoms with E-state index in [1.165, 1.54) is 22.4 Å². The molecule has 2 aliphatic carbocycles. The van der Waals surface area contributed by atoms with Crippen LogP contribution in [0.15, 0.2) is 36.7 Å². The number of nitriles is 1. The van der Waals surface area contributed by atoms with Crippen molar-refractivity contribution >= 4 is 11.7 Å². The van der Waals surface area contributed by atoms with E-state index in [9.17, 15) is 14.4 Å². The molecule has 2 fully saturated rings. The second kappa shape index (κ2) is 10.8. The fraction of sp³-hybridized carbons (Fsp3) is 0.548. The number of halogens is 1. The second-order valence-electron chi connectivity index (χ2n) is 12.0. The highest BCUT2D eigenvalue weighted by Gasteiger charge is 2.44. The quantitative estimate of drug-likeness (QED) is 0.514. The number of nitrogens with zero attached hydrogens (tertiary/aromatic N) is 6. The van der Waals surface area contributed by atoms with Crippen molar-refractivity contribution in [2.24, 2.45) is 5.41 Å². The molecule has 9 heteroatoms. The van der Waals surface area contributed by atoms with Crippen LogP contribution in [0.5, 0.6) is 6.01 Å². The molecule has 1 amide bonds. The molecule has 1 aromatic carbocycles. The summed E-state index contributed by atoms with van der Waals surface area (Å²) in [5, 5.41) is 9.48. The first-order valence-electron chi connectivity index (χ1n) is 14.4. The standard InChI is InChI=1S/C31H37FN6O2/c1-21(32)29(39)38-15-14-37(19-24(38)10-12-33)28-26-17-31(11-9-22-6-3-4-7-23(22)16-31)18-27(26)34-30(35-28)40-20-25-8-5-13-36(25)2/h3-4,6-7,24-25H,1,5,8-11,13-20H2,2H3/t24-,25-,31+/m0/s1. The fourth-order valence-corrected chi connectivity index (χ4v) is 7.22. The molecule has 0 radical (unpaired) electrons. The summed E-state index contributed by atoms with van der Waals surface area (Å²) in [5.74, 6) is -0.895. The van der Waals surface area contributed by atoms with Crippen molar-refractivity contribution in [3.63, 3.8) is 0 Å². The number of ether oxygens (including phenoxy) is 1. The van der Waals surface area contributed by atoms with Gasteiger partial charge in [-0.3, -0.25) is 4.79 Å². The van der Waals surface area contributed by atoms with Crippen LogP contribution in [-0.4, -0.2) is 77.6 Å². The van der Waals surface area contributed by atoms with Crippen LogP contribution in [0.2, 0.25) is 0 Å². The van der Waals surface area contributed by atoms with Gasteiger partial charge in [0.05, 0.1) is 24.2 Å². The number of hydrogen-bond donors (Lipinski definition) is 0. The van der Waals surface area contributed by atoms with Crippen molar-refractivity contribution < 1.29 is 13.9 Å². The van der Waals surface area contributed by atoms with Gasteiger partial charge in [0.15, 0.2) is 5.83 Å². The van der Waals surface area contributed by atoms with Gasteiger partial charge in [-0.2, -0.15) is 15.2 Å². The van der Waals surface area contributed by atoms with Crippen LogP contribution >= 0.6 is 0 Å². The normalized spacial score (nSPS) is 25.9. The molecule has 3 heterocycles. The molecule has 0 unspecified atom stereocenters. The van der Waals surface area contributed by atoms with Crippen molar-refractivity contribution in [1.29, 1.82) is 5.26 Å². The highest BCUT2D eigenvalue weighted by molar-refractivity contribution is 5.91. The summed E-state index contributed by atoms with van der Waals surface area (Å²) in [7, 11) is 2.13. The van der Waals surface area contributed by atoms with Crippen molar-refractivity contribution in [1.82, 2.24) is 19.8 Å². The van der Waals surface area contributed by atoms with E-state index in [2.05, 4.69) is 53.8 Å². The third kappa shape index (κ3) is 5.05. The van der Waals surface area contributed by atoms with Crippen LogP contribution in [-0.2, 0) is 30.5 Å². The van der Waals surface area contributed by atoms with E-state index in [0.717, 1.165) is 62.1 Å². The number of rotatable bonds is 6. The maximum Gasteiger partial charge on any atom is 0.318 e. The number of hydrogen-bond acceptors (Lipinski definition) is 7. The van der Waals surface area contributed by atoms with Crippen LogP contribution < -0.4 is 9.64 Å². The van der Waals surface area contributed by atoms with E-state index >= 15 is 0 Å². The predicted molar refractivity (Wildman–Crippen MR) is 150 cm³/mol. The van der Waals surface area contributed by atoms with Gasteiger partial charge in [0.2, 0.25) is 0 Å². The Hall–Kier alpha value is -3.51. The number of aryl methyl sites for hydroxylation is 1. The molecule has 0 saturated carbocycles. The summed E-state index contributed by atoms with van der Waals surface area (Å²) >= 11 is 0. The van der Waals surface area contributed by atoms with Gasteiger partial charge in [-0.05, 0) is 75.1 Å².